The normalized spacial score (nSPS) is 18.1. The van der Waals surface area contributed by atoms with Crippen molar-refractivity contribution in [1.82, 2.24) is 5.32 Å². The lowest BCUT2D eigenvalue weighted by Crippen LogP contribution is -2.45. The second kappa shape index (κ2) is 5.96. The zero-order valence-corrected chi connectivity index (χ0v) is 11.4. The Labute approximate surface area is 119 Å². The number of hydrogen-bond donors (Lipinski definition) is 3. The molecule has 2 atom stereocenters. The van der Waals surface area contributed by atoms with Gasteiger partial charge in [-0.05, 0) is 11.6 Å². The monoisotopic (exact) mass is 294 g/mol. The Hall–Kier alpha value is -2.02. The number of rotatable bonds is 5. The Morgan fingerprint density at radius 1 is 1.40 bits per heavy atom. The van der Waals surface area contributed by atoms with E-state index in [4.69, 9.17) is 10.8 Å². The molecule has 1 heterocycles. The van der Waals surface area contributed by atoms with Crippen molar-refractivity contribution < 1.29 is 19.5 Å². The smallest absolute Gasteiger partial charge is 0.326 e. The number of aliphatic carboxylic acids is 1. The number of amides is 2. The molecule has 7 heteroatoms. The second-order valence-corrected chi connectivity index (χ2v) is 5.53. The molecule has 6 nitrogen and oxygen atoms in total. The molecule has 1 aromatic rings. The zero-order valence-electron chi connectivity index (χ0n) is 10.5. The lowest BCUT2D eigenvalue weighted by atomic mass is 10.00. The Morgan fingerprint density at radius 2 is 2.10 bits per heavy atom. The standard InChI is InChI=1S/C13H14N2O4S/c14-11(16)5-9(13(18)19)15-12(17)8-6-20-10-4-2-1-3-7(8)10/h1-4,8-9H,5-6H2,(H2,14,16)(H,15,17)(H,18,19). The molecule has 0 aromatic heterocycles. The summed E-state index contributed by atoms with van der Waals surface area (Å²) in [5, 5.41) is 11.4. The van der Waals surface area contributed by atoms with Crippen LogP contribution in [0, 0.1) is 0 Å². The van der Waals surface area contributed by atoms with Crippen molar-refractivity contribution >= 4 is 29.5 Å². The van der Waals surface area contributed by atoms with Crippen molar-refractivity contribution in [3.63, 3.8) is 0 Å². The number of thioether (sulfide) groups is 1. The number of carboxylic acid groups (broad SMARTS) is 1. The first-order chi connectivity index (χ1) is 9.49. The molecule has 4 N–H and O–H groups in total. The van der Waals surface area contributed by atoms with Gasteiger partial charge in [-0.3, -0.25) is 9.59 Å². The number of fused-ring (bicyclic) bond motifs is 1. The number of carbonyl (C=O) groups excluding carboxylic acids is 2. The number of hydrogen-bond acceptors (Lipinski definition) is 4. The van der Waals surface area contributed by atoms with Gasteiger partial charge in [-0.15, -0.1) is 11.8 Å². The first-order valence-electron chi connectivity index (χ1n) is 6.02. The quantitative estimate of drug-likeness (QED) is 0.724. The summed E-state index contributed by atoms with van der Waals surface area (Å²) in [4.78, 5) is 35.0. The maximum Gasteiger partial charge on any atom is 0.326 e. The van der Waals surface area contributed by atoms with E-state index in [1.807, 2.05) is 24.3 Å². The molecule has 2 unspecified atom stereocenters. The molecule has 0 spiro atoms. The van der Waals surface area contributed by atoms with Crippen LogP contribution >= 0.6 is 11.8 Å². The van der Waals surface area contributed by atoms with E-state index in [9.17, 15) is 14.4 Å². The number of carbonyl (C=O) groups is 3. The molecule has 2 amide bonds. The molecule has 0 saturated carbocycles. The van der Waals surface area contributed by atoms with Crippen LogP contribution in [0.1, 0.15) is 17.9 Å². The summed E-state index contributed by atoms with van der Waals surface area (Å²) in [5.41, 5.74) is 5.87. The Kier molecular flexibility index (Phi) is 4.29. The predicted molar refractivity (Wildman–Crippen MR) is 73.3 cm³/mol. The van der Waals surface area contributed by atoms with Crippen LogP contribution in [0.5, 0.6) is 0 Å². The van der Waals surface area contributed by atoms with E-state index >= 15 is 0 Å². The highest BCUT2D eigenvalue weighted by atomic mass is 32.2. The van der Waals surface area contributed by atoms with Crippen LogP contribution in [0.4, 0.5) is 0 Å². The number of nitrogens with two attached hydrogens (primary N) is 1. The van der Waals surface area contributed by atoms with E-state index in [0.29, 0.717) is 5.75 Å². The van der Waals surface area contributed by atoms with Gasteiger partial charge in [0.25, 0.3) is 0 Å². The largest absolute Gasteiger partial charge is 0.480 e. The van der Waals surface area contributed by atoms with Gasteiger partial charge in [0.1, 0.15) is 6.04 Å². The first kappa shape index (κ1) is 14.4. The lowest BCUT2D eigenvalue weighted by molar-refractivity contribution is -0.143. The summed E-state index contributed by atoms with van der Waals surface area (Å²) in [7, 11) is 0. The second-order valence-electron chi connectivity index (χ2n) is 4.47. The summed E-state index contributed by atoms with van der Waals surface area (Å²) in [6.45, 7) is 0. The van der Waals surface area contributed by atoms with Crippen LogP contribution in [0.2, 0.25) is 0 Å². The molecule has 1 aliphatic rings. The van der Waals surface area contributed by atoms with E-state index in [1.54, 1.807) is 11.8 Å². The maximum atomic E-state index is 12.2. The Balaban J connectivity index is 2.09. The lowest BCUT2D eigenvalue weighted by Gasteiger charge is -2.16. The minimum Gasteiger partial charge on any atom is -0.480 e. The highest BCUT2D eigenvalue weighted by Gasteiger charge is 2.32. The van der Waals surface area contributed by atoms with E-state index in [2.05, 4.69) is 5.32 Å². The molecular formula is C13H14N2O4S. The van der Waals surface area contributed by atoms with Gasteiger partial charge in [0, 0.05) is 10.6 Å². The van der Waals surface area contributed by atoms with Gasteiger partial charge in [0.15, 0.2) is 0 Å². The van der Waals surface area contributed by atoms with Crippen molar-refractivity contribution in [2.75, 3.05) is 5.75 Å². The summed E-state index contributed by atoms with van der Waals surface area (Å²) >= 11 is 1.55. The van der Waals surface area contributed by atoms with Crippen molar-refractivity contribution in [1.29, 1.82) is 0 Å². The molecule has 0 aliphatic carbocycles. The van der Waals surface area contributed by atoms with Gasteiger partial charge >= 0.3 is 5.97 Å². The van der Waals surface area contributed by atoms with Crippen LogP contribution in [-0.2, 0) is 14.4 Å². The minimum atomic E-state index is -1.28. The van der Waals surface area contributed by atoms with E-state index in [0.717, 1.165) is 10.5 Å². The van der Waals surface area contributed by atoms with Crippen LogP contribution < -0.4 is 11.1 Å². The van der Waals surface area contributed by atoms with Crippen LogP contribution in [0.3, 0.4) is 0 Å². The predicted octanol–water partition coefficient (Wildman–Crippen LogP) is 0.321. The fourth-order valence-electron chi connectivity index (χ4n) is 2.05. The molecule has 0 bridgehead atoms. The highest BCUT2D eigenvalue weighted by Crippen LogP contribution is 2.39. The molecule has 0 saturated heterocycles. The van der Waals surface area contributed by atoms with Gasteiger partial charge in [0.2, 0.25) is 11.8 Å². The molecule has 0 fully saturated rings. The first-order valence-corrected chi connectivity index (χ1v) is 7.01. The molecule has 0 radical (unpaired) electrons. The third kappa shape index (κ3) is 3.11. The van der Waals surface area contributed by atoms with E-state index in [-0.39, 0.29) is 0 Å². The van der Waals surface area contributed by atoms with Crippen molar-refractivity contribution in [2.24, 2.45) is 5.73 Å². The van der Waals surface area contributed by atoms with Crippen LogP contribution in [0.25, 0.3) is 0 Å². The van der Waals surface area contributed by atoms with E-state index < -0.39 is 36.2 Å². The van der Waals surface area contributed by atoms with Crippen LogP contribution in [0.15, 0.2) is 29.2 Å². The fraction of sp³-hybridized carbons (Fsp3) is 0.308. The summed E-state index contributed by atoms with van der Waals surface area (Å²) < 4.78 is 0. The molecular weight excluding hydrogens is 280 g/mol. The van der Waals surface area contributed by atoms with Gasteiger partial charge in [-0.2, -0.15) is 0 Å². The van der Waals surface area contributed by atoms with Gasteiger partial charge in [-0.1, -0.05) is 18.2 Å². The molecule has 2 rings (SSSR count). The maximum absolute atomic E-state index is 12.2. The summed E-state index contributed by atoms with van der Waals surface area (Å²) in [6, 6.07) is 6.22. The number of primary amides is 1. The average Bonchev–Trinajstić information content (AvgIpc) is 2.81. The fourth-order valence-corrected chi connectivity index (χ4v) is 3.28. The SMILES string of the molecule is NC(=O)CC(NC(=O)C1CSc2ccccc21)C(=O)O. The van der Waals surface area contributed by atoms with Crippen molar-refractivity contribution in [3.8, 4) is 0 Å². The minimum absolute atomic E-state index is 0.392. The third-order valence-corrected chi connectivity index (χ3v) is 4.22. The highest BCUT2D eigenvalue weighted by molar-refractivity contribution is 7.99. The van der Waals surface area contributed by atoms with E-state index in [1.165, 1.54) is 0 Å². The average molecular weight is 294 g/mol. The van der Waals surface area contributed by atoms with Crippen LogP contribution in [-0.4, -0.2) is 34.7 Å². The number of carboxylic acids is 1. The Morgan fingerprint density at radius 3 is 2.75 bits per heavy atom. The molecule has 1 aromatic carbocycles. The Bertz CT molecular complexity index is 561. The molecule has 106 valence electrons. The third-order valence-electron chi connectivity index (χ3n) is 3.04. The molecule has 1 aliphatic heterocycles. The number of nitrogens with one attached hydrogen (secondary N) is 1. The van der Waals surface area contributed by atoms with Crippen molar-refractivity contribution in [3.05, 3.63) is 29.8 Å². The van der Waals surface area contributed by atoms with Crippen molar-refractivity contribution in [2.45, 2.75) is 23.3 Å². The summed E-state index contributed by atoms with van der Waals surface area (Å²) in [6.07, 6.45) is -0.414. The summed E-state index contributed by atoms with van der Waals surface area (Å²) in [5.74, 6) is -2.26. The van der Waals surface area contributed by atoms with Gasteiger partial charge in [-0.25, -0.2) is 4.79 Å². The topological polar surface area (TPSA) is 109 Å². The zero-order chi connectivity index (χ0) is 14.7. The molecule has 20 heavy (non-hydrogen) atoms. The van der Waals surface area contributed by atoms with Gasteiger partial charge in [0.05, 0.1) is 12.3 Å². The number of benzene rings is 1. The van der Waals surface area contributed by atoms with Gasteiger partial charge < -0.3 is 16.2 Å².